The lowest BCUT2D eigenvalue weighted by molar-refractivity contribution is 0.487. The molecule has 1 saturated carbocycles. The van der Waals surface area contributed by atoms with Crippen LogP contribution < -0.4 is 5.32 Å². The van der Waals surface area contributed by atoms with E-state index < -0.39 is 9.84 Å². The van der Waals surface area contributed by atoms with Crippen LogP contribution in [0.25, 0.3) is 0 Å². The van der Waals surface area contributed by atoms with E-state index >= 15 is 0 Å². The van der Waals surface area contributed by atoms with Crippen LogP contribution in [0, 0.1) is 5.41 Å². The van der Waals surface area contributed by atoms with Crippen LogP contribution in [0.4, 0.5) is 0 Å². The molecular formula is C6H11NO2S. The van der Waals surface area contributed by atoms with Crippen molar-refractivity contribution < 1.29 is 8.42 Å². The summed E-state index contributed by atoms with van der Waals surface area (Å²) in [4.78, 5) is 0. The number of nitrogens with one attached hydrogen (secondary N) is 1. The summed E-state index contributed by atoms with van der Waals surface area (Å²) in [6, 6.07) is 0.482. The van der Waals surface area contributed by atoms with Crippen molar-refractivity contribution in [3.05, 3.63) is 0 Å². The molecule has 1 N–H and O–H groups in total. The molecule has 2 aliphatic rings. The Balaban J connectivity index is 2.04. The monoisotopic (exact) mass is 161 g/mol. The zero-order valence-electron chi connectivity index (χ0n) is 5.92. The lowest BCUT2D eigenvalue weighted by Gasteiger charge is -2.26. The molecule has 0 amide bonds. The summed E-state index contributed by atoms with van der Waals surface area (Å²) in [5.41, 5.74) is 0.174. The van der Waals surface area contributed by atoms with Crippen molar-refractivity contribution in [1.82, 2.24) is 5.32 Å². The van der Waals surface area contributed by atoms with Crippen LogP contribution >= 0.6 is 0 Å². The Labute approximate surface area is 60.7 Å². The zero-order chi connectivity index (χ0) is 7.41. The van der Waals surface area contributed by atoms with E-state index in [1.807, 2.05) is 7.05 Å². The van der Waals surface area contributed by atoms with Crippen molar-refractivity contribution in [1.29, 1.82) is 0 Å². The fourth-order valence-electron chi connectivity index (χ4n) is 1.91. The fraction of sp³-hybridized carbons (Fsp3) is 1.00. The molecule has 1 atom stereocenters. The summed E-state index contributed by atoms with van der Waals surface area (Å²) in [7, 11) is -0.716. The Kier molecular flexibility index (Phi) is 1.03. The van der Waals surface area contributed by atoms with Crippen molar-refractivity contribution in [2.45, 2.75) is 12.5 Å². The molecule has 0 aromatic heterocycles. The van der Waals surface area contributed by atoms with Gasteiger partial charge < -0.3 is 5.32 Å². The molecule has 10 heavy (non-hydrogen) atoms. The SMILES string of the molecule is CNC1CC12CS(=O)(=O)C2. The van der Waals surface area contributed by atoms with Crippen molar-refractivity contribution in [2.75, 3.05) is 18.6 Å². The normalized spacial score (nSPS) is 39.1. The number of sulfone groups is 1. The highest BCUT2D eigenvalue weighted by atomic mass is 32.2. The predicted octanol–water partition coefficient (Wildman–Crippen LogP) is -0.607. The van der Waals surface area contributed by atoms with Gasteiger partial charge >= 0.3 is 0 Å². The van der Waals surface area contributed by atoms with E-state index in [-0.39, 0.29) is 5.41 Å². The van der Waals surface area contributed by atoms with Gasteiger partial charge in [0.2, 0.25) is 0 Å². The average Bonchev–Trinajstić information content (AvgIpc) is 2.39. The van der Waals surface area contributed by atoms with Gasteiger partial charge in [-0.2, -0.15) is 0 Å². The second-order valence-electron chi connectivity index (χ2n) is 3.44. The molecule has 2 fully saturated rings. The Bertz CT molecular complexity index is 245. The molecule has 4 heteroatoms. The van der Waals surface area contributed by atoms with Crippen LogP contribution in [0.3, 0.4) is 0 Å². The quantitative estimate of drug-likeness (QED) is 0.558. The van der Waals surface area contributed by atoms with Gasteiger partial charge in [-0.3, -0.25) is 0 Å². The van der Waals surface area contributed by atoms with E-state index in [1.165, 1.54) is 0 Å². The molecule has 2 rings (SSSR count). The molecule has 0 aromatic rings. The zero-order valence-corrected chi connectivity index (χ0v) is 6.74. The molecule has 3 nitrogen and oxygen atoms in total. The summed E-state index contributed by atoms with van der Waals surface area (Å²) in [5.74, 6) is 0.844. The second-order valence-corrected chi connectivity index (χ2v) is 5.50. The standard InChI is InChI=1S/C6H11NO2S/c1-7-5-2-6(5)3-10(8,9)4-6/h5,7H,2-4H2,1H3. The molecular weight excluding hydrogens is 150 g/mol. The Morgan fingerprint density at radius 1 is 1.50 bits per heavy atom. The highest BCUT2D eigenvalue weighted by Gasteiger charge is 2.64. The van der Waals surface area contributed by atoms with E-state index in [2.05, 4.69) is 5.32 Å². The van der Waals surface area contributed by atoms with Crippen LogP contribution in [-0.2, 0) is 9.84 Å². The maximum atomic E-state index is 10.8. The minimum atomic E-state index is -2.61. The average molecular weight is 161 g/mol. The molecule has 1 heterocycles. The summed E-state index contributed by atoms with van der Waals surface area (Å²) >= 11 is 0. The van der Waals surface area contributed by atoms with Gasteiger partial charge in [-0.05, 0) is 13.5 Å². The molecule has 1 saturated heterocycles. The van der Waals surface area contributed by atoms with Crippen LogP contribution in [-0.4, -0.2) is 33.0 Å². The molecule has 0 bridgehead atoms. The Hall–Kier alpha value is -0.0900. The molecule has 58 valence electrons. The topological polar surface area (TPSA) is 46.2 Å². The molecule has 1 spiro atoms. The van der Waals surface area contributed by atoms with Crippen LogP contribution in [0.5, 0.6) is 0 Å². The molecule has 1 aliphatic heterocycles. The highest BCUT2D eigenvalue weighted by molar-refractivity contribution is 7.92. The maximum absolute atomic E-state index is 10.8. The first-order valence-corrected chi connectivity index (χ1v) is 5.28. The first kappa shape index (κ1) is 6.61. The van der Waals surface area contributed by atoms with Gasteiger partial charge in [0.05, 0.1) is 11.5 Å². The predicted molar refractivity (Wildman–Crippen MR) is 38.6 cm³/mol. The van der Waals surface area contributed by atoms with E-state index in [0.717, 1.165) is 6.42 Å². The van der Waals surface area contributed by atoms with Gasteiger partial charge in [-0.1, -0.05) is 0 Å². The lowest BCUT2D eigenvalue weighted by Crippen LogP contribution is -2.42. The van der Waals surface area contributed by atoms with E-state index in [4.69, 9.17) is 0 Å². The van der Waals surface area contributed by atoms with E-state index in [1.54, 1.807) is 0 Å². The first-order valence-electron chi connectivity index (χ1n) is 3.46. The molecule has 1 aliphatic carbocycles. The molecule has 0 radical (unpaired) electrons. The summed E-state index contributed by atoms with van der Waals surface area (Å²) < 4.78 is 21.6. The number of hydrogen-bond donors (Lipinski definition) is 1. The van der Waals surface area contributed by atoms with Gasteiger partial charge in [0.15, 0.2) is 9.84 Å². The Morgan fingerprint density at radius 3 is 2.40 bits per heavy atom. The maximum Gasteiger partial charge on any atom is 0.151 e. The van der Waals surface area contributed by atoms with E-state index in [9.17, 15) is 8.42 Å². The van der Waals surface area contributed by atoms with Crippen molar-refractivity contribution in [3.8, 4) is 0 Å². The third kappa shape index (κ3) is 0.720. The number of hydrogen-bond acceptors (Lipinski definition) is 3. The third-order valence-corrected chi connectivity index (χ3v) is 4.58. The minimum Gasteiger partial charge on any atom is -0.316 e. The third-order valence-electron chi connectivity index (χ3n) is 2.55. The van der Waals surface area contributed by atoms with Crippen molar-refractivity contribution in [2.24, 2.45) is 5.41 Å². The minimum absolute atomic E-state index is 0.174. The summed E-state index contributed by atoms with van der Waals surface area (Å²) in [6.45, 7) is 0. The van der Waals surface area contributed by atoms with Gasteiger partial charge in [0, 0.05) is 11.5 Å². The van der Waals surface area contributed by atoms with Crippen molar-refractivity contribution >= 4 is 9.84 Å². The molecule has 0 aromatic carbocycles. The largest absolute Gasteiger partial charge is 0.316 e. The first-order chi connectivity index (χ1) is 4.58. The van der Waals surface area contributed by atoms with Gasteiger partial charge in [-0.15, -0.1) is 0 Å². The van der Waals surface area contributed by atoms with Crippen molar-refractivity contribution in [3.63, 3.8) is 0 Å². The second kappa shape index (κ2) is 1.56. The smallest absolute Gasteiger partial charge is 0.151 e. The van der Waals surface area contributed by atoms with Gasteiger partial charge in [0.25, 0.3) is 0 Å². The highest BCUT2D eigenvalue weighted by Crippen LogP contribution is 2.54. The van der Waals surface area contributed by atoms with Gasteiger partial charge in [-0.25, -0.2) is 8.42 Å². The number of rotatable bonds is 1. The van der Waals surface area contributed by atoms with Crippen LogP contribution in [0.15, 0.2) is 0 Å². The van der Waals surface area contributed by atoms with Gasteiger partial charge in [0.1, 0.15) is 0 Å². The van der Waals surface area contributed by atoms with E-state index in [0.29, 0.717) is 17.5 Å². The summed E-state index contributed by atoms with van der Waals surface area (Å²) in [6.07, 6.45) is 1.06. The fourth-order valence-corrected chi connectivity index (χ4v) is 4.21. The Morgan fingerprint density at radius 2 is 2.10 bits per heavy atom. The van der Waals surface area contributed by atoms with Crippen LogP contribution in [0.1, 0.15) is 6.42 Å². The molecule has 1 unspecified atom stereocenters. The van der Waals surface area contributed by atoms with Crippen LogP contribution in [0.2, 0.25) is 0 Å². The summed E-state index contributed by atoms with van der Waals surface area (Å²) in [5, 5.41) is 3.10. The lowest BCUT2D eigenvalue weighted by atomic mass is 10.1.